The highest BCUT2D eigenvalue weighted by Crippen LogP contribution is 2.04. The van der Waals surface area contributed by atoms with Crippen LogP contribution < -0.4 is 10.6 Å². The Morgan fingerprint density at radius 1 is 1.45 bits per heavy atom. The molecule has 0 radical (unpaired) electrons. The summed E-state index contributed by atoms with van der Waals surface area (Å²) in [5, 5.41) is 21.8. The Kier molecular flexibility index (Phi) is 6.48. The Hall–Kier alpha value is -2.12. The van der Waals surface area contributed by atoms with Crippen molar-refractivity contribution in [3.8, 4) is 0 Å². The average molecular weight is 283 g/mol. The van der Waals surface area contributed by atoms with Crippen LogP contribution in [0.3, 0.4) is 0 Å². The molecule has 0 fully saturated rings. The zero-order valence-corrected chi connectivity index (χ0v) is 11.8. The molecule has 1 rings (SSSR count). The largest absolute Gasteiger partial charge is 0.481 e. The van der Waals surface area contributed by atoms with Gasteiger partial charge in [0, 0.05) is 26.6 Å². The number of rotatable bonds is 8. The van der Waals surface area contributed by atoms with Crippen LogP contribution in [0.5, 0.6) is 0 Å². The summed E-state index contributed by atoms with van der Waals surface area (Å²) >= 11 is 0. The highest BCUT2D eigenvalue weighted by Gasteiger charge is 2.16. The van der Waals surface area contributed by atoms with E-state index in [0.29, 0.717) is 19.4 Å². The van der Waals surface area contributed by atoms with Gasteiger partial charge in [-0.2, -0.15) is 0 Å². The molecule has 20 heavy (non-hydrogen) atoms. The summed E-state index contributed by atoms with van der Waals surface area (Å²) in [4.78, 5) is 22.4. The van der Waals surface area contributed by atoms with Crippen LogP contribution in [0.1, 0.15) is 25.6 Å². The highest BCUT2D eigenvalue weighted by molar-refractivity contribution is 5.75. The Morgan fingerprint density at radius 2 is 2.20 bits per heavy atom. The van der Waals surface area contributed by atoms with Crippen molar-refractivity contribution in [2.45, 2.75) is 26.2 Å². The van der Waals surface area contributed by atoms with Gasteiger partial charge in [-0.15, -0.1) is 10.2 Å². The van der Waals surface area contributed by atoms with E-state index in [4.69, 9.17) is 5.11 Å². The van der Waals surface area contributed by atoms with Crippen LogP contribution in [0.4, 0.5) is 4.79 Å². The number of carbonyl (C=O) groups is 2. The molecule has 0 aliphatic carbocycles. The van der Waals surface area contributed by atoms with Crippen molar-refractivity contribution in [1.82, 2.24) is 25.4 Å². The monoisotopic (exact) mass is 283 g/mol. The van der Waals surface area contributed by atoms with E-state index in [1.165, 1.54) is 0 Å². The molecule has 0 aromatic carbocycles. The van der Waals surface area contributed by atoms with Gasteiger partial charge in [0.15, 0.2) is 0 Å². The molecular weight excluding hydrogens is 262 g/mol. The quantitative estimate of drug-likeness (QED) is 0.629. The van der Waals surface area contributed by atoms with Crippen LogP contribution in [0.2, 0.25) is 0 Å². The zero-order valence-electron chi connectivity index (χ0n) is 11.8. The van der Waals surface area contributed by atoms with Gasteiger partial charge in [-0.3, -0.25) is 4.79 Å². The molecule has 0 saturated heterocycles. The van der Waals surface area contributed by atoms with Crippen molar-refractivity contribution < 1.29 is 14.7 Å². The second kappa shape index (κ2) is 8.13. The zero-order chi connectivity index (χ0) is 15.0. The SMILES string of the molecule is CCCC(CNC(=O)NCCc1nncn1C)C(=O)O. The Labute approximate surface area is 117 Å². The number of amides is 2. The molecular formula is C12H21N5O3. The van der Waals surface area contributed by atoms with E-state index >= 15 is 0 Å². The van der Waals surface area contributed by atoms with Crippen LogP contribution in [-0.4, -0.2) is 45.0 Å². The second-order valence-corrected chi connectivity index (χ2v) is 4.57. The molecule has 8 nitrogen and oxygen atoms in total. The Morgan fingerprint density at radius 3 is 2.75 bits per heavy atom. The number of hydrogen-bond acceptors (Lipinski definition) is 4. The molecule has 1 heterocycles. The van der Waals surface area contributed by atoms with Gasteiger partial charge in [0.2, 0.25) is 0 Å². The minimum atomic E-state index is -0.883. The fourth-order valence-electron chi connectivity index (χ4n) is 1.76. The number of aliphatic carboxylic acids is 1. The molecule has 0 saturated carbocycles. The fraction of sp³-hybridized carbons (Fsp3) is 0.667. The van der Waals surface area contributed by atoms with E-state index in [1.807, 2.05) is 14.0 Å². The van der Waals surface area contributed by atoms with E-state index in [2.05, 4.69) is 20.8 Å². The number of carboxylic acids is 1. The predicted molar refractivity (Wildman–Crippen MR) is 72.1 cm³/mol. The first kappa shape index (κ1) is 15.9. The number of nitrogens with zero attached hydrogens (tertiary/aromatic N) is 3. The number of hydrogen-bond donors (Lipinski definition) is 3. The maximum absolute atomic E-state index is 11.5. The maximum atomic E-state index is 11.5. The first-order valence-electron chi connectivity index (χ1n) is 6.62. The lowest BCUT2D eigenvalue weighted by atomic mass is 10.0. The van der Waals surface area contributed by atoms with Crippen LogP contribution >= 0.6 is 0 Å². The molecule has 8 heteroatoms. The number of carboxylic acid groups (broad SMARTS) is 1. The number of carbonyl (C=O) groups excluding carboxylic acids is 1. The van der Waals surface area contributed by atoms with Crippen molar-refractivity contribution in [1.29, 1.82) is 0 Å². The van der Waals surface area contributed by atoms with Gasteiger partial charge in [-0.05, 0) is 6.42 Å². The fourth-order valence-corrected chi connectivity index (χ4v) is 1.76. The highest BCUT2D eigenvalue weighted by atomic mass is 16.4. The number of aromatic nitrogens is 3. The first-order chi connectivity index (χ1) is 9.54. The van der Waals surface area contributed by atoms with E-state index in [-0.39, 0.29) is 12.6 Å². The summed E-state index contributed by atoms with van der Waals surface area (Å²) in [5.74, 6) is -0.643. The number of nitrogens with one attached hydrogen (secondary N) is 2. The van der Waals surface area contributed by atoms with Gasteiger partial charge in [0.05, 0.1) is 5.92 Å². The summed E-state index contributed by atoms with van der Waals surface area (Å²) in [6.45, 7) is 2.47. The molecule has 0 aliphatic heterocycles. The number of urea groups is 1. The van der Waals surface area contributed by atoms with Crippen molar-refractivity contribution in [3.05, 3.63) is 12.2 Å². The maximum Gasteiger partial charge on any atom is 0.314 e. The third kappa shape index (κ3) is 5.25. The summed E-state index contributed by atoms with van der Waals surface area (Å²) < 4.78 is 1.78. The molecule has 0 aliphatic rings. The summed E-state index contributed by atoms with van der Waals surface area (Å²) in [6, 6.07) is -0.366. The third-order valence-electron chi connectivity index (χ3n) is 2.93. The summed E-state index contributed by atoms with van der Waals surface area (Å²) in [7, 11) is 1.83. The minimum Gasteiger partial charge on any atom is -0.481 e. The molecule has 1 aromatic rings. The van der Waals surface area contributed by atoms with Crippen molar-refractivity contribution in [2.75, 3.05) is 13.1 Å². The van der Waals surface area contributed by atoms with Gasteiger partial charge in [0.25, 0.3) is 0 Å². The van der Waals surface area contributed by atoms with E-state index in [0.717, 1.165) is 12.2 Å². The molecule has 0 spiro atoms. The van der Waals surface area contributed by atoms with Crippen molar-refractivity contribution >= 4 is 12.0 Å². The standard InChI is InChI=1S/C12H21N5O3/c1-3-4-9(11(18)19)7-14-12(20)13-6-5-10-16-15-8-17(10)2/h8-9H,3-7H2,1-2H3,(H,18,19)(H2,13,14,20). The van der Waals surface area contributed by atoms with E-state index in [9.17, 15) is 9.59 Å². The van der Waals surface area contributed by atoms with Gasteiger partial charge in [-0.1, -0.05) is 13.3 Å². The second-order valence-electron chi connectivity index (χ2n) is 4.57. The average Bonchev–Trinajstić information content (AvgIpc) is 2.80. The third-order valence-corrected chi connectivity index (χ3v) is 2.93. The smallest absolute Gasteiger partial charge is 0.314 e. The minimum absolute atomic E-state index is 0.138. The first-order valence-corrected chi connectivity index (χ1v) is 6.62. The topological polar surface area (TPSA) is 109 Å². The molecule has 0 bridgehead atoms. The van der Waals surface area contributed by atoms with Gasteiger partial charge in [-0.25, -0.2) is 4.79 Å². The molecule has 3 N–H and O–H groups in total. The van der Waals surface area contributed by atoms with Crippen LogP contribution in [0.15, 0.2) is 6.33 Å². The molecule has 2 amide bonds. The normalized spacial score (nSPS) is 11.9. The Bertz CT molecular complexity index is 446. The molecule has 1 atom stereocenters. The number of aryl methyl sites for hydroxylation is 1. The lowest BCUT2D eigenvalue weighted by molar-refractivity contribution is -0.141. The molecule has 1 unspecified atom stereocenters. The van der Waals surface area contributed by atoms with Crippen LogP contribution in [0.25, 0.3) is 0 Å². The van der Waals surface area contributed by atoms with Crippen molar-refractivity contribution in [3.63, 3.8) is 0 Å². The van der Waals surface area contributed by atoms with Crippen LogP contribution in [0, 0.1) is 5.92 Å². The summed E-state index contributed by atoms with van der Waals surface area (Å²) in [6.07, 6.45) is 3.49. The molecule has 112 valence electrons. The van der Waals surface area contributed by atoms with Gasteiger partial charge in [0.1, 0.15) is 12.2 Å². The lowest BCUT2D eigenvalue weighted by Crippen LogP contribution is -2.40. The van der Waals surface area contributed by atoms with Gasteiger partial charge >= 0.3 is 12.0 Å². The Balaban J connectivity index is 2.23. The lowest BCUT2D eigenvalue weighted by Gasteiger charge is -2.12. The van der Waals surface area contributed by atoms with Crippen LogP contribution in [-0.2, 0) is 18.3 Å². The van der Waals surface area contributed by atoms with Gasteiger partial charge < -0.3 is 20.3 Å². The van der Waals surface area contributed by atoms with E-state index < -0.39 is 11.9 Å². The summed E-state index contributed by atoms with van der Waals surface area (Å²) in [5.41, 5.74) is 0. The predicted octanol–water partition coefficient (Wildman–Crippen LogP) is 0.158. The van der Waals surface area contributed by atoms with E-state index in [1.54, 1.807) is 10.9 Å². The molecule has 1 aromatic heterocycles. The van der Waals surface area contributed by atoms with Crippen molar-refractivity contribution in [2.24, 2.45) is 13.0 Å².